The molecule has 1 aliphatic carbocycles. The number of nitrogens with zero attached hydrogens (tertiary/aromatic N) is 1. The molecular formula is C11H17NO5. The average molecular weight is 243 g/mol. The minimum absolute atomic E-state index is 0.263. The molecule has 0 aliphatic heterocycles. The van der Waals surface area contributed by atoms with Crippen LogP contribution in [0, 0.1) is 11.3 Å². The van der Waals surface area contributed by atoms with E-state index in [0.717, 1.165) is 0 Å². The van der Waals surface area contributed by atoms with Crippen LogP contribution in [0.4, 0.5) is 0 Å². The molecule has 3 N–H and O–H groups in total. The quantitative estimate of drug-likeness (QED) is 0.507. The van der Waals surface area contributed by atoms with Gasteiger partial charge in [-0.2, -0.15) is 0 Å². The molecular weight excluding hydrogens is 226 g/mol. The Balaban J connectivity index is 3.13. The van der Waals surface area contributed by atoms with Crippen LogP contribution < -0.4 is 0 Å². The number of rotatable bonds is 3. The van der Waals surface area contributed by atoms with Crippen LogP contribution >= 0.6 is 0 Å². The van der Waals surface area contributed by atoms with Gasteiger partial charge in [-0.25, -0.2) is 0 Å². The van der Waals surface area contributed by atoms with E-state index in [0.29, 0.717) is 6.42 Å². The lowest BCUT2D eigenvalue weighted by Gasteiger charge is -2.33. The maximum Gasteiger partial charge on any atom is 0.188 e. The Morgan fingerprint density at radius 1 is 1.47 bits per heavy atom. The standard InChI is InChI=1S/C11H17NO5/c1-6-4-11(2,3)10(15)8(9(6)14)7(13)5-12(16)17/h6,14,16-17H,4-5H2,1-3H3. The van der Waals surface area contributed by atoms with Gasteiger partial charge in [-0.15, -0.1) is 0 Å². The van der Waals surface area contributed by atoms with Gasteiger partial charge in [-0.05, 0) is 6.42 Å². The first-order chi connectivity index (χ1) is 7.66. The van der Waals surface area contributed by atoms with Gasteiger partial charge in [-0.3, -0.25) is 20.0 Å². The predicted molar refractivity (Wildman–Crippen MR) is 57.5 cm³/mol. The Morgan fingerprint density at radius 3 is 2.47 bits per heavy atom. The smallest absolute Gasteiger partial charge is 0.188 e. The van der Waals surface area contributed by atoms with E-state index in [2.05, 4.69) is 0 Å². The Kier molecular flexibility index (Phi) is 3.71. The van der Waals surface area contributed by atoms with Gasteiger partial charge in [-0.1, -0.05) is 26.0 Å². The van der Waals surface area contributed by atoms with Crippen LogP contribution in [0.2, 0.25) is 0 Å². The second-order valence-corrected chi connectivity index (χ2v) is 5.03. The van der Waals surface area contributed by atoms with Crippen molar-refractivity contribution in [1.29, 1.82) is 0 Å². The third kappa shape index (κ3) is 2.71. The Bertz CT molecular complexity index is 383. The van der Waals surface area contributed by atoms with Crippen molar-refractivity contribution in [2.75, 3.05) is 6.54 Å². The topological polar surface area (TPSA) is 98.1 Å². The van der Waals surface area contributed by atoms with Crippen LogP contribution in [0.5, 0.6) is 0 Å². The van der Waals surface area contributed by atoms with E-state index in [9.17, 15) is 14.7 Å². The van der Waals surface area contributed by atoms with Crippen LogP contribution in [-0.4, -0.2) is 38.9 Å². The number of ketones is 2. The molecule has 0 amide bonds. The summed E-state index contributed by atoms with van der Waals surface area (Å²) in [5, 5.41) is 26.6. The molecule has 0 fully saturated rings. The lowest BCUT2D eigenvalue weighted by molar-refractivity contribution is -0.300. The van der Waals surface area contributed by atoms with Crippen molar-refractivity contribution < 1.29 is 25.1 Å². The van der Waals surface area contributed by atoms with E-state index in [4.69, 9.17) is 10.4 Å². The van der Waals surface area contributed by atoms with Crippen molar-refractivity contribution >= 4 is 11.6 Å². The van der Waals surface area contributed by atoms with Crippen LogP contribution in [0.25, 0.3) is 0 Å². The molecule has 6 nitrogen and oxygen atoms in total. The summed E-state index contributed by atoms with van der Waals surface area (Å²) >= 11 is 0. The summed E-state index contributed by atoms with van der Waals surface area (Å²) in [7, 11) is 0. The first-order valence-corrected chi connectivity index (χ1v) is 5.33. The SMILES string of the molecule is CC1CC(C)(C)C(=O)C(C(=O)CN(O)O)=C1O. The summed E-state index contributed by atoms with van der Waals surface area (Å²) in [6.45, 7) is 4.36. The molecule has 0 spiro atoms. The fourth-order valence-corrected chi connectivity index (χ4v) is 2.13. The predicted octanol–water partition coefficient (Wildman–Crippen LogP) is 1.08. The number of hydroxylamine groups is 2. The normalized spacial score (nSPS) is 24.4. The number of carbonyl (C=O) groups excluding carboxylic acids is 2. The molecule has 0 radical (unpaired) electrons. The van der Waals surface area contributed by atoms with Crippen molar-refractivity contribution in [2.45, 2.75) is 27.2 Å². The van der Waals surface area contributed by atoms with Crippen molar-refractivity contribution in [3.63, 3.8) is 0 Å². The van der Waals surface area contributed by atoms with Crippen LogP contribution in [0.3, 0.4) is 0 Å². The molecule has 0 heterocycles. The highest BCUT2D eigenvalue weighted by molar-refractivity contribution is 6.23. The van der Waals surface area contributed by atoms with E-state index in [-0.39, 0.29) is 22.5 Å². The van der Waals surface area contributed by atoms with Gasteiger partial charge in [0, 0.05) is 11.3 Å². The van der Waals surface area contributed by atoms with E-state index < -0.39 is 23.5 Å². The molecule has 0 aromatic carbocycles. The number of allylic oxidation sites excluding steroid dienone is 1. The largest absolute Gasteiger partial charge is 0.511 e. The van der Waals surface area contributed by atoms with Gasteiger partial charge in [0.15, 0.2) is 11.6 Å². The van der Waals surface area contributed by atoms with Gasteiger partial charge in [0.25, 0.3) is 0 Å². The number of aliphatic hydroxyl groups is 1. The minimum atomic E-state index is -0.794. The van der Waals surface area contributed by atoms with E-state index in [1.807, 2.05) is 0 Å². The number of Topliss-reactive ketones (excluding diaryl/α,β-unsaturated/α-hetero) is 2. The van der Waals surface area contributed by atoms with Crippen LogP contribution in [-0.2, 0) is 9.59 Å². The van der Waals surface area contributed by atoms with Gasteiger partial charge in [0.05, 0.1) is 0 Å². The summed E-state index contributed by atoms with van der Waals surface area (Å²) in [4.78, 5) is 23.7. The molecule has 1 rings (SSSR count). The zero-order chi connectivity index (χ0) is 13.4. The Hall–Kier alpha value is -1.24. The van der Waals surface area contributed by atoms with Crippen molar-refractivity contribution in [3.8, 4) is 0 Å². The second-order valence-electron chi connectivity index (χ2n) is 5.03. The lowest BCUT2D eigenvalue weighted by Crippen LogP contribution is -2.39. The van der Waals surface area contributed by atoms with Gasteiger partial charge < -0.3 is 5.11 Å². The molecule has 0 saturated heterocycles. The Morgan fingerprint density at radius 2 is 2.00 bits per heavy atom. The summed E-state index contributed by atoms with van der Waals surface area (Å²) in [5.41, 5.74) is -1.05. The third-order valence-corrected chi connectivity index (χ3v) is 2.95. The molecule has 0 aromatic rings. The zero-order valence-corrected chi connectivity index (χ0v) is 10.1. The molecule has 17 heavy (non-hydrogen) atoms. The number of carbonyl (C=O) groups is 2. The summed E-state index contributed by atoms with van der Waals surface area (Å²) in [5.74, 6) is -1.81. The maximum absolute atomic E-state index is 12.0. The second kappa shape index (κ2) is 4.56. The zero-order valence-electron chi connectivity index (χ0n) is 10.1. The van der Waals surface area contributed by atoms with Gasteiger partial charge >= 0.3 is 0 Å². The van der Waals surface area contributed by atoms with Crippen molar-refractivity contribution in [1.82, 2.24) is 5.23 Å². The molecule has 1 aliphatic rings. The first-order valence-electron chi connectivity index (χ1n) is 5.33. The first kappa shape index (κ1) is 13.8. The monoisotopic (exact) mass is 243 g/mol. The molecule has 96 valence electrons. The van der Waals surface area contributed by atoms with Gasteiger partial charge in [0.1, 0.15) is 17.9 Å². The molecule has 1 atom stereocenters. The van der Waals surface area contributed by atoms with Crippen LogP contribution in [0.1, 0.15) is 27.2 Å². The number of hydrogen-bond donors (Lipinski definition) is 3. The van der Waals surface area contributed by atoms with Crippen molar-refractivity contribution in [2.24, 2.45) is 11.3 Å². The summed E-state index contributed by atoms with van der Waals surface area (Å²) in [6.07, 6.45) is 0.455. The highest BCUT2D eigenvalue weighted by Gasteiger charge is 2.42. The van der Waals surface area contributed by atoms with Crippen molar-refractivity contribution in [3.05, 3.63) is 11.3 Å². The van der Waals surface area contributed by atoms with E-state index in [1.54, 1.807) is 20.8 Å². The highest BCUT2D eigenvalue weighted by atomic mass is 16.8. The Labute approximate surface area is 99.1 Å². The lowest BCUT2D eigenvalue weighted by atomic mass is 9.70. The average Bonchev–Trinajstić information content (AvgIpc) is 2.13. The summed E-state index contributed by atoms with van der Waals surface area (Å²) in [6, 6.07) is 0. The fourth-order valence-electron chi connectivity index (χ4n) is 2.13. The highest BCUT2D eigenvalue weighted by Crippen LogP contribution is 2.38. The number of aliphatic hydroxyl groups excluding tert-OH is 1. The number of hydrogen-bond acceptors (Lipinski definition) is 6. The van der Waals surface area contributed by atoms with Crippen LogP contribution in [0.15, 0.2) is 11.3 Å². The van der Waals surface area contributed by atoms with E-state index >= 15 is 0 Å². The van der Waals surface area contributed by atoms with E-state index in [1.165, 1.54) is 0 Å². The maximum atomic E-state index is 12.0. The molecule has 0 bridgehead atoms. The van der Waals surface area contributed by atoms with Gasteiger partial charge in [0.2, 0.25) is 0 Å². The molecule has 0 saturated carbocycles. The fraction of sp³-hybridized carbons (Fsp3) is 0.636. The molecule has 1 unspecified atom stereocenters. The summed E-state index contributed by atoms with van der Waals surface area (Å²) < 4.78 is 0. The minimum Gasteiger partial charge on any atom is -0.511 e. The molecule has 0 aromatic heterocycles. The third-order valence-electron chi connectivity index (χ3n) is 2.95. The molecule has 6 heteroatoms.